The molecule has 66 valence electrons. The quantitative estimate of drug-likeness (QED) is 0.539. The number of esters is 1. The molecule has 0 aliphatic heterocycles. The van der Waals surface area contributed by atoms with Gasteiger partial charge in [0.15, 0.2) is 0 Å². The van der Waals surface area contributed by atoms with E-state index in [1.165, 1.54) is 0 Å². The molecule has 0 spiro atoms. The third kappa shape index (κ3) is 5.24. The minimum Gasteiger partial charge on any atom is -0.465 e. The first kappa shape index (κ1) is 11.0. The van der Waals surface area contributed by atoms with Gasteiger partial charge in [0.1, 0.15) is 0 Å². The second kappa shape index (κ2) is 5.58. The Morgan fingerprint density at radius 2 is 2.00 bits per heavy atom. The highest BCUT2D eigenvalue weighted by atomic mass is 79.9. The SMILES string of the molecule is CC(CBr)COC(=O)C(C)C. The van der Waals surface area contributed by atoms with Gasteiger partial charge in [-0.05, 0) is 5.92 Å². The summed E-state index contributed by atoms with van der Waals surface area (Å²) in [4.78, 5) is 10.9. The first-order chi connectivity index (χ1) is 5.07. The van der Waals surface area contributed by atoms with Crippen LogP contribution in [0.15, 0.2) is 0 Å². The van der Waals surface area contributed by atoms with Crippen molar-refractivity contribution >= 4 is 21.9 Å². The van der Waals surface area contributed by atoms with E-state index < -0.39 is 0 Å². The fourth-order valence-corrected chi connectivity index (χ4v) is 0.623. The van der Waals surface area contributed by atoms with Crippen molar-refractivity contribution < 1.29 is 9.53 Å². The monoisotopic (exact) mass is 222 g/mol. The second-order valence-corrected chi connectivity index (χ2v) is 3.69. The van der Waals surface area contributed by atoms with Crippen molar-refractivity contribution in [3.05, 3.63) is 0 Å². The summed E-state index contributed by atoms with van der Waals surface area (Å²) in [5.74, 6) is 0.271. The zero-order valence-corrected chi connectivity index (χ0v) is 8.85. The van der Waals surface area contributed by atoms with E-state index in [4.69, 9.17) is 4.74 Å². The molecule has 0 saturated carbocycles. The number of hydrogen-bond donors (Lipinski definition) is 0. The average Bonchev–Trinajstić information content (AvgIpc) is 1.99. The number of rotatable bonds is 4. The molecule has 1 atom stereocenters. The number of carbonyl (C=O) groups is 1. The number of carbonyl (C=O) groups excluding carboxylic acids is 1. The molecule has 0 fully saturated rings. The van der Waals surface area contributed by atoms with Gasteiger partial charge in [0, 0.05) is 5.33 Å². The minimum atomic E-state index is -0.113. The van der Waals surface area contributed by atoms with Crippen LogP contribution >= 0.6 is 15.9 Å². The van der Waals surface area contributed by atoms with E-state index in [-0.39, 0.29) is 11.9 Å². The van der Waals surface area contributed by atoms with E-state index in [1.54, 1.807) is 0 Å². The molecule has 0 aliphatic carbocycles. The van der Waals surface area contributed by atoms with E-state index in [9.17, 15) is 4.79 Å². The Morgan fingerprint density at radius 3 is 2.36 bits per heavy atom. The van der Waals surface area contributed by atoms with Crippen molar-refractivity contribution in [3.63, 3.8) is 0 Å². The van der Waals surface area contributed by atoms with Crippen molar-refractivity contribution in [2.24, 2.45) is 11.8 Å². The summed E-state index contributed by atoms with van der Waals surface area (Å²) in [6.07, 6.45) is 0. The lowest BCUT2D eigenvalue weighted by molar-refractivity contribution is -0.148. The summed E-state index contributed by atoms with van der Waals surface area (Å²) in [5, 5.41) is 0.873. The van der Waals surface area contributed by atoms with E-state index in [1.807, 2.05) is 20.8 Å². The molecular formula is C8H15BrO2. The Bertz CT molecular complexity index is 123. The Morgan fingerprint density at radius 1 is 1.45 bits per heavy atom. The normalized spacial score (nSPS) is 13.2. The molecule has 0 amide bonds. The van der Waals surface area contributed by atoms with Crippen LogP contribution in [0.25, 0.3) is 0 Å². The van der Waals surface area contributed by atoms with E-state index in [2.05, 4.69) is 15.9 Å². The summed E-state index contributed by atoms with van der Waals surface area (Å²) >= 11 is 3.31. The molecular weight excluding hydrogens is 208 g/mol. The molecule has 0 aromatic carbocycles. The van der Waals surface area contributed by atoms with Gasteiger partial charge in [0.05, 0.1) is 12.5 Å². The molecule has 0 N–H and O–H groups in total. The zero-order valence-electron chi connectivity index (χ0n) is 7.26. The molecule has 0 heterocycles. The lowest BCUT2D eigenvalue weighted by atomic mass is 10.2. The number of alkyl halides is 1. The number of hydrogen-bond acceptors (Lipinski definition) is 2. The summed E-state index contributed by atoms with van der Waals surface area (Å²) in [7, 11) is 0. The molecule has 0 rings (SSSR count). The summed E-state index contributed by atoms with van der Waals surface area (Å²) < 4.78 is 4.99. The van der Waals surface area contributed by atoms with E-state index >= 15 is 0 Å². The smallest absolute Gasteiger partial charge is 0.308 e. The van der Waals surface area contributed by atoms with Crippen molar-refractivity contribution in [2.75, 3.05) is 11.9 Å². The topological polar surface area (TPSA) is 26.3 Å². The summed E-state index contributed by atoms with van der Waals surface area (Å²) in [6, 6.07) is 0. The first-order valence-electron chi connectivity index (χ1n) is 3.80. The van der Waals surface area contributed by atoms with Crippen LogP contribution in [0.2, 0.25) is 0 Å². The van der Waals surface area contributed by atoms with Gasteiger partial charge in [0.25, 0.3) is 0 Å². The number of ether oxygens (including phenoxy) is 1. The largest absolute Gasteiger partial charge is 0.465 e. The molecule has 0 radical (unpaired) electrons. The second-order valence-electron chi connectivity index (χ2n) is 3.04. The highest BCUT2D eigenvalue weighted by Crippen LogP contribution is 2.03. The standard InChI is InChI=1S/C8H15BrO2/c1-6(2)8(10)11-5-7(3)4-9/h6-7H,4-5H2,1-3H3. The van der Waals surface area contributed by atoms with Crippen LogP contribution in [0.3, 0.4) is 0 Å². The third-order valence-electron chi connectivity index (χ3n) is 1.24. The first-order valence-corrected chi connectivity index (χ1v) is 4.92. The van der Waals surface area contributed by atoms with Crippen LogP contribution < -0.4 is 0 Å². The molecule has 0 aromatic heterocycles. The fourth-order valence-electron chi connectivity index (χ4n) is 0.436. The summed E-state index contributed by atoms with van der Waals surface area (Å²) in [6.45, 7) is 6.22. The maximum Gasteiger partial charge on any atom is 0.308 e. The van der Waals surface area contributed by atoms with Crippen LogP contribution in [0.4, 0.5) is 0 Å². The van der Waals surface area contributed by atoms with Crippen molar-refractivity contribution in [1.29, 1.82) is 0 Å². The van der Waals surface area contributed by atoms with E-state index in [0.29, 0.717) is 12.5 Å². The molecule has 1 unspecified atom stereocenters. The van der Waals surface area contributed by atoms with Gasteiger partial charge in [-0.2, -0.15) is 0 Å². The van der Waals surface area contributed by atoms with Crippen LogP contribution in [-0.2, 0) is 9.53 Å². The van der Waals surface area contributed by atoms with Gasteiger partial charge in [-0.25, -0.2) is 0 Å². The maximum absolute atomic E-state index is 10.9. The van der Waals surface area contributed by atoms with Gasteiger partial charge < -0.3 is 4.74 Å². The van der Waals surface area contributed by atoms with Gasteiger partial charge in [-0.1, -0.05) is 36.7 Å². The van der Waals surface area contributed by atoms with Gasteiger partial charge in [0.2, 0.25) is 0 Å². The molecule has 3 heteroatoms. The minimum absolute atomic E-state index is 0.0162. The number of halogens is 1. The molecule has 0 saturated heterocycles. The van der Waals surface area contributed by atoms with Crippen molar-refractivity contribution in [2.45, 2.75) is 20.8 Å². The summed E-state index contributed by atoms with van der Waals surface area (Å²) in [5.41, 5.74) is 0. The molecule has 0 bridgehead atoms. The predicted molar refractivity (Wildman–Crippen MR) is 48.8 cm³/mol. The Kier molecular flexibility index (Phi) is 5.56. The van der Waals surface area contributed by atoms with E-state index in [0.717, 1.165) is 5.33 Å². The van der Waals surface area contributed by atoms with Crippen LogP contribution in [0.5, 0.6) is 0 Å². The highest BCUT2D eigenvalue weighted by Gasteiger charge is 2.09. The Labute approximate surface area is 76.4 Å². The third-order valence-corrected chi connectivity index (χ3v) is 2.35. The lowest BCUT2D eigenvalue weighted by Gasteiger charge is -2.10. The molecule has 0 aromatic rings. The molecule has 2 nitrogen and oxygen atoms in total. The van der Waals surface area contributed by atoms with Crippen LogP contribution in [-0.4, -0.2) is 17.9 Å². The van der Waals surface area contributed by atoms with Crippen molar-refractivity contribution in [1.82, 2.24) is 0 Å². The van der Waals surface area contributed by atoms with Crippen molar-refractivity contribution in [3.8, 4) is 0 Å². The van der Waals surface area contributed by atoms with Crippen LogP contribution in [0, 0.1) is 11.8 Å². The predicted octanol–water partition coefficient (Wildman–Crippen LogP) is 2.22. The highest BCUT2D eigenvalue weighted by molar-refractivity contribution is 9.09. The van der Waals surface area contributed by atoms with Gasteiger partial charge in [-0.3, -0.25) is 4.79 Å². The van der Waals surface area contributed by atoms with Gasteiger partial charge >= 0.3 is 5.97 Å². The Hall–Kier alpha value is -0.0500. The molecule has 0 aliphatic rings. The van der Waals surface area contributed by atoms with Crippen LogP contribution in [0.1, 0.15) is 20.8 Å². The van der Waals surface area contributed by atoms with Gasteiger partial charge in [-0.15, -0.1) is 0 Å². The molecule has 11 heavy (non-hydrogen) atoms. The maximum atomic E-state index is 10.9. The zero-order chi connectivity index (χ0) is 8.85. The average molecular weight is 223 g/mol. The lowest BCUT2D eigenvalue weighted by Crippen LogP contribution is -2.16. The Balaban J connectivity index is 3.46. The fraction of sp³-hybridized carbons (Fsp3) is 0.875.